The van der Waals surface area contributed by atoms with Crippen molar-refractivity contribution in [1.82, 2.24) is 20.0 Å². The Kier molecular flexibility index (Phi) is 4.00. The summed E-state index contributed by atoms with van der Waals surface area (Å²) < 4.78 is 29.3. The van der Waals surface area contributed by atoms with Crippen LogP contribution in [0.25, 0.3) is 5.65 Å². The lowest BCUT2D eigenvalue weighted by atomic mass is 10.0. The van der Waals surface area contributed by atoms with E-state index in [1.165, 1.54) is 16.8 Å². The van der Waals surface area contributed by atoms with Crippen LogP contribution in [0.1, 0.15) is 34.8 Å². The fourth-order valence-corrected chi connectivity index (χ4v) is 3.39. The van der Waals surface area contributed by atoms with E-state index in [9.17, 15) is 13.6 Å². The van der Waals surface area contributed by atoms with E-state index in [2.05, 4.69) is 15.5 Å². The van der Waals surface area contributed by atoms with Gasteiger partial charge >= 0.3 is 0 Å². The largest absolute Gasteiger partial charge is 0.349 e. The van der Waals surface area contributed by atoms with Gasteiger partial charge in [0.15, 0.2) is 5.65 Å². The number of halogens is 2. The highest BCUT2D eigenvalue weighted by Crippen LogP contribution is 2.36. The molecule has 1 fully saturated rings. The molecule has 3 heterocycles. The molecule has 1 aliphatic rings. The summed E-state index contributed by atoms with van der Waals surface area (Å²) in [6, 6.07) is 4.88. The minimum Gasteiger partial charge on any atom is -0.349 e. The summed E-state index contributed by atoms with van der Waals surface area (Å²) in [5.41, 5.74) is 2.94. The zero-order valence-corrected chi connectivity index (χ0v) is 13.7. The molecule has 7 nitrogen and oxygen atoms in total. The molecule has 1 saturated heterocycles. The van der Waals surface area contributed by atoms with E-state index in [0.717, 1.165) is 18.6 Å². The van der Waals surface area contributed by atoms with E-state index in [1.54, 1.807) is 12.3 Å². The Labute approximate surface area is 147 Å². The molecule has 0 aliphatic carbocycles. The Morgan fingerprint density at radius 3 is 2.96 bits per heavy atom. The van der Waals surface area contributed by atoms with Crippen LogP contribution in [0.15, 0.2) is 36.7 Å². The van der Waals surface area contributed by atoms with Gasteiger partial charge in [-0.3, -0.25) is 10.2 Å². The molecule has 0 unspecified atom stereocenters. The van der Waals surface area contributed by atoms with Gasteiger partial charge in [0.05, 0.1) is 12.2 Å². The SMILES string of the molecule is NNC(=O)c1cnn2ccc(N3CCC[C@@H]3c3cc(F)ccc3F)nc12. The number of hydrazine groups is 1. The molecule has 4 rings (SSSR count). The van der Waals surface area contributed by atoms with Gasteiger partial charge in [0.25, 0.3) is 5.91 Å². The van der Waals surface area contributed by atoms with Gasteiger partial charge in [-0.15, -0.1) is 0 Å². The van der Waals surface area contributed by atoms with Gasteiger partial charge in [-0.05, 0) is 37.1 Å². The van der Waals surface area contributed by atoms with Gasteiger partial charge in [0.2, 0.25) is 0 Å². The minimum absolute atomic E-state index is 0.238. The predicted molar refractivity (Wildman–Crippen MR) is 90.3 cm³/mol. The fourth-order valence-electron chi connectivity index (χ4n) is 3.39. The minimum atomic E-state index is -0.501. The number of hydrogen-bond acceptors (Lipinski definition) is 5. The maximum Gasteiger partial charge on any atom is 0.270 e. The summed E-state index contributed by atoms with van der Waals surface area (Å²) in [5, 5.41) is 4.07. The summed E-state index contributed by atoms with van der Waals surface area (Å²) in [5.74, 6) is 4.33. The van der Waals surface area contributed by atoms with Crippen LogP contribution in [0.5, 0.6) is 0 Å². The number of nitrogens with two attached hydrogens (primary N) is 1. The van der Waals surface area contributed by atoms with Crippen molar-refractivity contribution in [3.63, 3.8) is 0 Å². The molecule has 1 atom stereocenters. The molecule has 0 saturated carbocycles. The van der Waals surface area contributed by atoms with Crippen LogP contribution < -0.4 is 16.2 Å². The smallest absolute Gasteiger partial charge is 0.270 e. The molecule has 1 aromatic carbocycles. The Morgan fingerprint density at radius 2 is 2.15 bits per heavy atom. The molecule has 9 heteroatoms. The van der Waals surface area contributed by atoms with Gasteiger partial charge in [-0.2, -0.15) is 5.10 Å². The topological polar surface area (TPSA) is 88.5 Å². The van der Waals surface area contributed by atoms with E-state index in [0.29, 0.717) is 30.0 Å². The number of anilines is 1. The van der Waals surface area contributed by atoms with Gasteiger partial charge in [0.1, 0.15) is 23.0 Å². The third kappa shape index (κ3) is 2.66. The van der Waals surface area contributed by atoms with Crippen molar-refractivity contribution in [2.75, 3.05) is 11.4 Å². The predicted octanol–water partition coefficient (Wildman–Crippen LogP) is 1.95. The van der Waals surface area contributed by atoms with E-state index < -0.39 is 17.5 Å². The van der Waals surface area contributed by atoms with Crippen LogP contribution in [-0.4, -0.2) is 27.0 Å². The van der Waals surface area contributed by atoms with Crippen LogP contribution in [0.3, 0.4) is 0 Å². The Bertz CT molecular complexity index is 989. The van der Waals surface area contributed by atoms with Crippen molar-refractivity contribution in [3.05, 3.63) is 59.4 Å². The third-order valence-electron chi connectivity index (χ3n) is 4.59. The Hall–Kier alpha value is -3.07. The molecular weight excluding hydrogens is 342 g/mol. The summed E-state index contributed by atoms with van der Waals surface area (Å²) in [6.45, 7) is 0.649. The number of fused-ring (bicyclic) bond motifs is 1. The highest BCUT2D eigenvalue weighted by atomic mass is 19.1. The second-order valence-electron chi connectivity index (χ2n) is 6.10. The van der Waals surface area contributed by atoms with E-state index >= 15 is 0 Å². The van der Waals surface area contributed by atoms with Crippen molar-refractivity contribution in [3.8, 4) is 0 Å². The molecule has 134 valence electrons. The molecule has 3 aromatic rings. The van der Waals surface area contributed by atoms with E-state index in [4.69, 9.17) is 5.84 Å². The van der Waals surface area contributed by atoms with Gasteiger partial charge in [-0.25, -0.2) is 24.1 Å². The molecular formula is C17H16F2N6O. The van der Waals surface area contributed by atoms with Crippen LogP contribution in [0.4, 0.5) is 14.6 Å². The van der Waals surface area contributed by atoms with Crippen LogP contribution in [0.2, 0.25) is 0 Å². The maximum absolute atomic E-state index is 14.2. The zero-order chi connectivity index (χ0) is 18.3. The normalized spacial score (nSPS) is 17.0. The third-order valence-corrected chi connectivity index (χ3v) is 4.59. The second kappa shape index (κ2) is 6.34. The van der Waals surface area contributed by atoms with Crippen molar-refractivity contribution >= 4 is 17.4 Å². The highest BCUT2D eigenvalue weighted by molar-refractivity contribution is 5.99. The van der Waals surface area contributed by atoms with Gasteiger partial charge in [-0.1, -0.05) is 0 Å². The number of aromatic nitrogens is 3. The second-order valence-corrected chi connectivity index (χ2v) is 6.10. The van der Waals surface area contributed by atoms with Crippen LogP contribution in [0, 0.1) is 11.6 Å². The van der Waals surface area contributed by atoms with Crippen molar-refractivity contribution in [2.24, 2.45) is 5.84 Å². The van der Waals surface area contributed by atoms with Crippen LogP contribution >= 0.6 is 0 Å². The molecule has 0 bridgehead atoms. The van der Waals surface area contributed by atoms with Crippen molar-refractivity contribution in [1.29, 1.82) is 0 Å². The average molecular weight is 358 g/mol. The molecule has 3 N–H and O–H groups in total. The highest BCUT2D eigenvalue weighted by Gasteiger charge is 2.30. The molecule has 0 radical (unpaired) electrons. The maximum atomic E-state index is 14.2. The lowest BCUT2D eigenvalue weighted by Gasteiger charge is -2.26. The first-order valence-electron chi connectivity index (χ1n) is 8.15. The van der Waals surface area contributed by atoms with Gasteiger partial charge in [0, 0.05) is 18.3 Å². The summed E-state index contributed by atoms with van der Waals surface area (Å²) >= 11 is 0. The number of nitrogen functional groups attached to an aromatic ring is 1. The number of carbonyl (C=O) groups excluding carboxylic acids is 1. The number of rotatable bonds is 3. The number of nitrogens with zero attached hydrogens (tertiary/aromatic N) is 4. The summed E-state index contributed by atoms with van der Waals surface area (Å²) in [7, 11) is 0. The first-order chi connectivity index (χ1) is 12.6. The zero-order valence-electron chi connectivity index (χ0n) is 13.7. The molecule has 1 amide bonds. The lowest BCUT2D eigenvalue weighted by Crippen LogP contribution is -2.30. The number of hydrogen-bond donors (Lipinski definition) is 2. The standard InChI is InChI=1S/C17H16F2N6O/c18-10-3-4-13(19)11(8-10)14-2-1-6-24(14)15-5-7-25-16(22-15)12(9-21-25)17(26)23-20/h3-5,7-9,14H,1-2,6,20H2,(H,23,26)/t14-/m1/s1. The first kappa shape index (κ1) is 16.4. The van der Waals surface area contributed by atoms with Crippen molar-refractivity contribution in [2.45, 2.75) is 18.9 Å². The van der Waals surface area contributed by atoms with E-state index in [1.807, 2.05) is 4.90 Å². The Morgan fingerprint density at radius 1 is 1.31 bits per heavy atom. The monoisotopic (exact) mass is 358 g/mol. The van der Waals surface area contributed by atoms with Crippen molar-refractivity contribution < 1.29 is 13.6 Å². The average Bonchev–Trinajstić information content (AvgIpc) is 3.29. The van der Waals surface area contributed by atoms with Crippen LogP contribution in [-0.2, 0) is 0 Å². The summed E-state index contributed by atoms with van der Waals surface area (Å²) in [6.07, 6.45) is 4.55. The quantitative estimate of drug-likeness (QED) is 0.424. The lowest BCUT2D eigenvalue weighted by molar-refractivity contribution is 0.0955. The first-order valence-corrected chi connectivity index (χ1v) is 8.15. The number of benzene rings is 1. The number of nitrogens with one attached hydrogen (secondary N) is 1. The van der Waals surface area contributed by atoms with Gasteiger partial charge < -0.3 is 4.90 Å². The number of amides is 1. The molecule has 0 spiro atoms. The van der Waals surface area contributed by atoms with E-state index in [-0.39, 0.29) is 11.6 Å². The molecule has 2 aromatic heterocycles. The fraction of sp³-hybridized carbons (Fsp3) is 0.235. The molecule has 1 aliphatic heterocycles. The summed E-state index contributed by atoms with van der Waals surface area (Å²) in [4.78, 5) is 18.3. The Balaban J connectivity index is 1.76. The molecule has 26 heavy (non-hydrogen) atoms. The number of carbonyl (C=O) groups is 1.